The summed E-state index contributed by atoms with van der Waals surface area (Å²) in [5.74, 6) is 1.11. The summed E-state index contributed by atoms with van der Waals surface area (Å²) >= 11 is 0. The molecule has 20 heavy (non-hydrogen) atoms. The van der Waals surface area contributed by atoms with E-state index >= 15 is 0 Å². The summed E-state index contributed by atoms with van der Waals surface area (Å²) in [4.78, 5) is 11.4. The number of piperidine rings is 1. The molecule has 1 heterocycles. The number of carbonyl (C=O) groups is 1. The van der Waals surface area contributed by atoms with E-state index in [1.54, 1.807) is 7.11 Å². The van der Waals surface area contributed by atoms with Crippen molar-refractivity contribution >= 4 is 5.91 Å². The van der Waals surface area contributed by atoms with E-state index in [4.69, 9.17) is 4.74 Å². The molecule has 0 aromatic heterocycles. The normalized spacial score (nSPS) is 20.3. The standard InChI is InChI=1S/C16H24N2O2/c1-12(10-14-7-5-9-16(19)18-14)17-11-13-6-3-4-8-15(13)20-2/h3-4,6,8,12,14,17H,5,7,9-11H2,1-2H3,(H,18,19)/t12-,14+/m1/s1. The zero-order valence-corrected chi connectivity index (χ0v) is 12.3. The highest BCUT2D eigenvalue weighted by molar-refractivity contribution is 5.76. The van der Waals surface area contributed by atoms with Crippen LogP contribution >= 0.6 is 0 Å². The van der Waals surface area contributed by atoms with E-state index < -0.39 is 0 Å². The van der Waals surface area contributed by atoms with E-state index in [-0.39, 0.29) is 5.91 Å². The molecule has 1 fully saturated rings. The molecule has 0 bridgehead atoms. The fourth-order valence-corrected chi connectivity index (χ4v) is 2.70. The Balaban J connectivity index is 1.79. The molecule has 0 spiro atoms. The van der Waals surface area contributed by atoms with Gasteiger partial charge in [-0.2, -0.15) is 0 Å². The topological polar surface area (TPSA) is 50.4 Å². The van der Waals surface area contributed by atoms with Crippen molar-refractivity contribution < 1.29 is 9.53 Å². The Hall–Kier alpha value is -1.55. The maximum atomic E-state index is 11.4. The lowest BCUT2D eigenvalue weighted by molar-refractivity contribution is -0.123. The van der Waals surface area contributed by atoms with Gasteiger partial charge >= 0.3 is 0 Å². The minimum absolute atomic E-state index is 0.193. The molecule has 2 rings (SSSR count). The van der Waals surface area contributed by atoms with Gasteiger partial charge in [0.2, 0.25) is 5.91 Å². The van der Waals surface area contributed by atoms with Gasteiger partial charge in [-0.3, -0.25) is 4.79 Å². The van der Waals surface area contributed by atoms with Gasteiger partial charge in [0.15, 0.2) is 0 Å². The second kappa shape index (κ2) is 7.29. The van der Waals surface area contributed by atoms with Crippen LogP contribution in [0.3, 0.4) is 0 Å². The molecule has 0 aliphatic carbocycles. The molecular formula is C16H24N2O2. The van der Waals surface area contributed by atoms with E-state index in [0.717, 1.165) is 37.1 Å². The first-order valence-electron chi connectivity index (χ1n) is 7.33. The number of benzene rings is 1. The monoisotopic (exact) mass is 276 g/mol. The van der Waals surface area contributed by atoms with Gasteiger partial charge in [-0.15, -0.1) is 0 Å². The quantitative estimate of drug-likeness (QED) is 0.837. The number of nitrogens with one attached hydrogen (secondary N) is 2. The zero-order valence-electron chi connectivity index (χ0n) is 12.3. The van der Waals surface area contributed by atoms with Crippen LogP contribution < -0.4 is 15.4 Å². The van der Waals surface area contributed by atoms with E-state index in [2.05, 4.69) is 23.6 Å². The Morgan fingerprint density at radius 3 is 3.00 bits per heavy atom. The molecule has 4 nitrogen and oxygen atoms in total. The van der Waals surface area contributed by atoms with Crippen molar-refractivity contribution in [2.75, 3.05) is 7.11 Å². The number of rotatable bonds is 6. The van der Waals surface area contributed by atoms with E-state index in [9.17, 15) is 4.79 Å². The fraction of sp³-hybridized carbons (Fsp3) is 0.562. The molecule has 110 valence electrons. The summed E-state index contributed by atoms with van der Waals surface area (Å²) < 4.78 is 5.34. The summed E-state index contributed by atoms with van der Waals surface area (Å²) in [6, 6.07) is 8.72. The Labute approximate surface area is 120 Å². The first-order chi connectivity index (χ1) is 9.69. The second-order valence-electron chi connectivity index (χ2n) is 5.49. The smallest absolute Gasteiger partial charge is 0.220 e. The van der Waals surface area contributed by atoms with Crippen molar-refractivity contribution in [1.29, 1.82) is 0 Å². The molecule has 1 aromatic carbocycles. The average Bonchev–Trinajstić information content (AvgIpc) is 2.45. The van der Waals surface area contributed by atoms with Crippen LogP contribution in [0.15, 0.2) is 24.3 Å². The number of amides is 1. The Morgan fingerprint density at radius 2 is 2.25 bits per heavy atom. The third kappa shape index (κ3) is 4.23. The summed E-state index contributed by atoms with van der Waals surface area (Å²) in [5.41, 5.74) is 1.16. The SMILES string of the molecule is COc1ccccc1CN[C@H](C)C[C@@H]1CCCC(=O)N1. The molecule has 0 radical (unpaired) electrons. The number of para-hydroxylation sites is 1. The highest BCUT2D eigenvalue weighted by Gasteiger charge is 2.19. The summed E-state index contributed by atoms with van der Waals surface area (Å²) in [5, 5.41) is 6.57. The molecular weight excluding hydrogens is 252 g/mol. The fourth-order valence-electron chi connectivity index (χ4n) is 2.70. The van der Waals surface area contributed by atoms with Gasteiger partial charge in [0.25, 0.3) is 0 Å². The van der Waals surface area contributed by atoms with Gasteiger partial charge in [0, 0.05) is 30.6 Å². The molecule has 1 aromatic rings. The zero-order chi connectivity index (χ0) is 14.4. The Morgan fingerprint density at radius 1 is 1.45 bits per heavy atom. The summed E-state index contributed by atoms with van der Waals surface area (Å²) in [6.07, 6.45) is 3.75. The average molecular weight is 276 g/mol. The van der Waals surface area contributed by atoms with E-state index in [1.807, 2.05) is 18.2 Å². The van der Waals surface area contributed by atoms with Crippen LogP contribution in [-0.4, -0.2) is 25.1 Å². The third-order valence-electron chi connectivity index (χ3n) is 3.79. The van der Waals surface area contributed by atoms with Gasteiger partial charge in [-0.25, -0.2) is 0 Å². The number of hydrogen-bond donors (Lipinski definition) is 2. The maximum absolute atomic E-state index is 11.4. The van der Waals surface area contributed by atoms with Crippen molar-refractivity contribution in [2.45, 2.75) is 51.2 Å². The predicted octanol–water partition coefficient (Wildman–Crippen LogP) is 2.23. The van der Waals surface area contributed by atoms with Crippen molar-refractivity contribution in [3.05, 3.63) is 29.8 Å². The van der Waals surface area contributed by atoms with Crippen molar-refractivity contribution in [3.63, 3.8) is 0 Å². The van der Waals surface area contributed by atoms with Gasteiger partial charge in [-0.1, -0.05) is 18.2 Å². The minimum atomic E-state index is 0.193. The maximum Gasteiger partial charge on any atom is 0.220 e. The van der Waals surface area contributed by atoms with Gasteiger partial charge in [-0.05, 0) is 32.3 Å². The van der Waals surface area contributed by atoms with E-state index in [1.165, 1.54) is 0 Å². The highest BCUT2D eigenvalue weighted by Crippen LogP contribution is 2.18. The molecule has 1 aliphatic rings. The summed E-state index contributed by atoms with van der Waals surface area (Å²) in [6.45, 7) is 2.95. The molecule has 1 saturated heterocycles. The predicted molar refractivity (Wildman–Crippen MR) is 79.7 cm³/mol. The lowest BCUT2D eigenvalue weighted by atomic mass is 9.98. The third-order valence-corrected chi connectivity index (χ3v) is 3.79. The van der Waals surface area contributed by atoms with Crippen molar-refractivity contribution in [1.82, 2.24) is 10.6 Å². The lowest BCUT2D eigenvalue weighted by Crippen LogP contribution is -2.42. The van der Waals surface area contributed by atoms with Crippen LogP contribution in [0, 0.1) is 0 Å². The van der Waals surface area contributed by atoms with Crippen LogP contribution in [0.25, 0.3) is 0 Å². The van der Waals surface area contributed by atoms with Gasteiger partial charge in [0.05, 0.1) is 7.11 Å². The van der Waals surface area contributed by atoms with Crippen LogP contribution in [0.1, 0.15) is 38.2 Å². The van der Waals surface area contributed by atoms with Crippen LogP contribution in [0.5, 0.6) is 5.75 Å². The highest BCUT2D eigenvalue weighted by atomic mass is 16.5. The van der Waals surface area contributed by atoms with Crippen LogP contribution in [-0.2, 0) is 11.3 Å². The lowest BCUT2D eigenvalue weighted by Gasteiger charge is -2.26. The number of ether oxygens (including phenoxy) is 1. The molecule has 4 heteroatoms. The molecule has 0 unspecified atom stereocenters. The molecule has 1 aliphatic heterocycles. The molecule has 2 N–H and O–H groups in total. The number of carbonyl (C=O) groups excluding carboxylic acids is 1. The van der Waals surface area contributed by atoms with Crippen LogP contribution in [0.4, 0.5) is 0 Å². The second-order valence-corrected chi connectivity index (χ2v) is 5.49. The molecule has 0 saturated carbocycles. The number of methoxy groups -OCH3 is 1. The van der Waals surface area contributed by atoms with Crippen molar-refractivity contribution in [2.24, 2.45) is 0 Å². The largest absolute Gasteiger partial charge is 0.496 e. The van der Waals surface area contributed by atoms with Crippen LogP contribution in [0.2, 0.25) is 0 Å². The van der Waals surface area contributed by atoms with E-state index in [0.29, 0.717) is 18.5 Å². The summed E-state index contributed by atoms with van der Waals surface area (Å²) in [7, 11) is 1.69. The first-order valence-corrected chi connectivity index (χ1v) is 7.33. The first kappa shape index (κ1) is 14.9. The Bertz CT molecular complexity index is 448. The van der Waals surface area contributed by atoms with Crippen molar-refractivity contribution in [3.8, 4) is 5.75 Å². The minimum Gasteiger partial charge on any atom is -0.496 e. The molecule has 2 atom stereocenters. The van der Waals surface area contributed by atoms with Gasteiger partial charge < -0.3 is 15.4 Å². The molecule has 1 amide bonds. The number of hydrogen-bond acceptors (Lipinski definition) is 3. The van der Waals surface area contributed by atoms with Gasteiger partial charge in [0.1, 0.15) is 5.75 Å². The Kier molecular flexibility index (Phi) is 5.41.